The Morgan fingerprint density at radius 1 is 1.20 bits per heavy atom. The number of pyridine rings is 1. The summed E-state index contributed by atoms with van der Waals surface area (Å²) in [6, 6.07) is 10.8. The van der Waals surface area contributed by atoms with E-state index < -0.39 is 5.97 Å². The minimum Gasteiger partial charge on any atom is -0.477 e. The van der Waals surface area contributed by atoms with Crippen LogP contribution >= 0.6 is 0 Å². The number of benzene rings is 1. The van der Waals surface area contributed by atoms with Gasteiger partial charge in [-0.3, -0.25) is 4.79 Å². The number of carboxylic acids is 1. The lowest BCUT2D eigenvalue weighted by Crippen LogP contribution is -2.30. The first-order chi connectivity index (χ1) is 9.65. The van der Waals surface area contributed by atoms with Gasteiger partial charge in [-0.15, -0.1) is 0 Å². The van der Waals surface area contributed by atoms with Crippen molar-refractivity contribution in [1.82, 2.24) is 4.98 Å². The van der Waals surface area contributed by atoms with Crippen LogP contribution in [0.3, 0.4) is 0 Å². The van der Waals surface area contributed by atoms with E-state index in [1.54, 1.807) is 6.07 Å². The fourth-order valence-corrected chi connectivity index (χ4v) is 2.32. The third-order valence-electron chi connectivity index (χ3n) is 3.42. The molecule has 1 heterocycles. The van der Waals surface area contributed by atoms with Crippen LogP contribution in [0.1, 0.15) is 27.5 Å². The molecule has 0 bridgehead atoms. The molecule has 1 atom stereocenters. The summed E-state index contributed by atoms with van der Waals surface area (Å²) in [6.07, 6.45) is 2.09. The number of carbonyl (C=O) groups excluding carboxylic acids is 1. The Balaban J connectivity index is 1.70. The molecule has 0 saturated carbocycles. The fraction of sp³-hybridized carbons (Fsp3) is 0.133. The highest BCUT2D eigenvalue weighted by molar-refractivity contribution is 5.97. The summed E-state index contributed by atoms with van der Waals surface area (Å²) >= 11 is 0. The Morgan fingerprint density at radius 2 is 2.00 bits per heavy atom. The van der Waals surface area contributed by atoms with Gasteiger partial charge in [0.05, 0.1) is 17.8 Å². The molecule has 2 aromatic rings. The molecule has 1 aliphatic rings. The van der Waals surface area contributed by atoms with Crippen molar-refractivity contribution >= 4 is 17.6 Å². The lowest BCUT2D eigenvalue weighted by Gasteiger charge is -2.28. The molecule has 1 unspecified atom stereocenters. The largest absolute Gasteiger partial charge is 0.477 e. The lowest BCUT2D eigenvalue weighted by atomic mass is 9.77. The van der Waals surface area contributed by atoms with Gasteiger partial charge in [-0.2, -0.15) is 0 Å². The monoisotopic (exact) mass is 268 g/mol. The van der Waals surface area contributed by atoms with Crippen LogP contribution < -0.4 is 5.32 Å². The van der Waals surface area contributed by atoms with Crippen molar-refractivity contribution in [3.63, 3.8) is 0 Å². The second-order valence-electron chi connectivity index (χ2n) is 4.68. The molecule has 100 valence electrons. The van der Waals surface area contributed by atoms with Crippen molar-refractivity contribution in [1.29, 1.82) is 0 Å². The number of aromatic carboxylic acids is 1. The van der Waals surface area contributed by atoms with E-state index in [4.69, 9.17) is 5.11 Å². The van der Waals surface area contributed by atoms with Gasteiger partial charge in [0.25, 0.3) is 0 Å². The van der Waals surface area contributed by atoms with E-state index in [0.717, 1.165) is 12.0 Å². The quantitative estimate of drug-likeness (QED) is 0.893. The molecule has 5 heteroatoms. The standard InChI is InChI=1S/C15H12N2O3/c18-14(12-7-9-3-1-2-4-11(9)12)17-10-5-6-13(15(19)20)16-8-10/h1-6,8,12H,7H2,(H,17,18)(H,19,20). The summed E-state index contributed by atoms with van der Waals surface area (Å²) in [4.78, 5) is 26.6. The van der Waals surface area contributed by atoms with Gasteiger partial charge in [-0.25, -0.2) is 9.78 Å². The molecule has 1 amide bonds. The summed E-state index contributed by atoms with van der Waals surface area (Å²) in [6.45, 7) is 0. The second kappa shape index (κ2) is 4.77. The van der Waals surface area contributed by atoms with Gasteiger partial charge >= 0.3 is 5.97 Å². The third-order valence-corrected chi connectivity index (χ3v) is 3.42. The normalized spacial score (nSPS) is 15.9. The van der Waals surface area contributed by atoms with Crippen LogP contribution in [0.15, 0.2) is 42.6 Å². The van der Waals surface area contributed by atoms with E-state index >= 15 is 0 Å². The molecule has 1 aromatic heterocycles. The smallest absolute Gasteiger partial charge is 0.354 e. The third kappa shape index (κ3) is 2.14. The first kappa shape index (κ1) is 12.3. The topological polar surface area (TPSA) is 79.3 Å². The van der Waals surface area contributed by atoms with Crippen LogP contribution in [0.5, 0.6) is 0 Å². The minimum atomic E-state index is -1.09. The van der Waals surface area contributed by atoms with Crippen LogP contribution in [0.25, 0.3) is 0 Å². The molecule has 2 N–H and O–H groups in total. The first-order valence-corrected chi connectivity index (χ1v) is 6.23. The highest BCUT2D eigenvalue weighted by atomic mass is 16.4. The van der Waals surface area contributed by atoms with Crippen LogP contribution in [0.2, 0.25) is 0 Å². The number of nitrogens with zero attached hydrogens (tertiary/aromatic N) is 1. The Bertz CT molecular complexity index is 680. The molecule has 0 spiro atoms. The van der Waals surface area contributed by atoms with E-state index in [1.807, 2.05) is 24.3 Å². The number of fused-ring (bicyclic) bond motifs is 1. The number of amides is 1. The zero-order valence-electron chi connectivity index (χ0n) is 10.5. The molecular formula is C15H12N2O3. The first-order valence-electron chi connectivity index (χ1n) is 6.23. The van der Waals surface area contributed by atoms with Crippen molar-refractivity contribution in [2.24, 2.45) is 0 Å². The Labute approximate surface area is 115 Å². The predicted octanol–water partition coefficient (Wildman–Crippen LogP) is 2.06. The fourth-order valence-electron chi connectivity index (χ4n) is 2.32. The maximum Gasteiger partial charge on any atom is 0.354 e. The number of rotatable bonds is 3. The average molecular weight is 268 g/mol. The molecule has 5 nitrogen and oxygen atoms in total. The number of aromatic nitrogens is 1. The van der Waals surface area contributed by atoms with Gasteiger partial charge in [0.2, 0.25) is 5.91 Å². The van der Waals surface area contributed by atoms with E-state index in [2.05, 4.69) is 10.3 Å². The number of carbonyl (C=O) groups is 2. The maximum absolute atomic E-state index is 12.1. The van der Waals surface area contributed by atoms with Crippen molar-refractivity contribution in [2.45, 2.75) is 12.3 Å². The van der Waals surface area contributed by atoms with Crippen LogP contribution in [-0.4, -0.2) is 22.0 Å². The SMILES string of the molecule is O=C(O)c1ccc(NC(=O)C2Cc3ccccc32)cn1. The van der Waals surface area contributed by atoms with Crippen molar-refractivity contribution < 1.29 is 14.7 Å². The van der Waals surface area contributed by atoms with E-state index in [9.17, 15) is 9.59 Å². The molecule has 20 heavy (non-hydrogen) atoms. The van der Waals surface area contributed by atoms with Gasteiger partial charge in [0, 0.05) is 0 Å². The summed E-state index contributed by atoms with van der Waals surface area (Å²) in [5.41, 5.74) is 2.72. The number of hydrogen-bond acceptors (Lipinski definition) is 3. The van der Waals surface area contributed by atoms with Gasteiger partial charge in [0.15, 0.2) is 0 Å². The second-order valence-corrected chi connectivity index (χ2v) is 4.68. The zero-order chi connectivity index (χ0) is 14.1. The Hall–Kier alpha value is -2.69. The van der Waals surface area contributed by atoms with Crippen molar-refractivity contribution in [3.8, 4) is 0 Å². The molecular weight excluding hydrogens is 256 g/mol. The Kier molecular flexibility index (Phi) is 2.95. The molecule has 3 rings (SSSR count). The van der Waals surface area contributed by atoms with Crippen LogP contribution in [0, 0.1) is 0 Å². The molecule has 0 radical (unpaired) electrons. The summed E-state index contributed by atoms with van der Waals surface area (Å²) in [7, 11) is 0. The summed E-state index contributed by atoms with van der Waals surface area (Å²) in [5, 5.41) is 11.5. The summed E-state index contributed by atoms with van der Waals surface area (Å²) in [5.74, 6) is -1.31. The number of nitrogens with one attached hydrogen (secondary N) is 1. The minimum absolute atomic E-state index is 0.0445. The maximum atomic E-state index is 12.1. The van der Waals surface area contributed by atoms with Crippen molar-refractivity contribution in [3.05, 3.63) is 59.4 Å². The van der Waals surface area contributed by atoms with Crippen LogP contribution in [0.4, 0.5) is 5.69 Å². The highest BCUT2D eigenvalue weighted by Gasteiger charge is 2.31. The molecule has 1 aliphatic carbocycles. The van der Waals surface area contributed by atoms with Gasteiger partial charge in [-0.05, 0) is 29.7 Å². The molecule has 0 aliphatic heterocycles. The molecule has 0 fully saturated rings. The van der Waals surface area contributed by atoms with E-state index in [-0.39, 0.29) is 17.5 Å². The number of carboxylic acid groups (broad SMARTS) is 1. The van der Waals surface area contributed by atoms with Crippen molar-refractivity contribution in [2.75, 3.05) is 5.32 Å². The van der Waals surface area contributed by atoms with Gasteiger partial charge in [0.1, 0.15) is 5.69 Å². The van der Waals surface area contributed by atoms with Gasteiger partial charge in [-0.1, -0.05) is 24.3 Å². The molecule has 0 saturated heterocycles. The highest BCUT2D eigenvalue weighted by Crippen LogP contribution is 2.35. The summed E-state index contributed by atoms with van der Waals surface area (Å²) < 4.78 is 0. The average Bonchev–Trinajstić information content (AvgIpc) is 2.41. The number of anilines is 1. The molecule has 1 aromatic carbocycles. The van der Waals surface area contributed by atoms with Gasteiger partial charge < -0.3 is 10.4 Å². The number of hydrogen-bond donors (Lipinski definition) is 2. The van der Waals surface area contributed by atoms with E-state index in [0.29, 0.717) is 5.69 Å². The van der Waals surface area contributed by atoms with E-state index in [1.165, 1.54) is 17.8 Å². The Morgan fingerprint density at radius 3 is 2.65 bits per heavy atom. The van der Waals surface area contributed by atoms with Crippen LogP contribution in [-0.2, 0) is 11.2 Å². The zero-order valence-corrected chi connectivity index (χ0v) is 10.5. The lowest BCUT2D eigenvalue weighted by molar-refractivity contribution is -0.118. The predicted molar refractivity (Wildman–Crippen MR) is 72.7 cm³/mol.